The third kappa shape index (κ3) is 3.92. The molecule has 0 radical (unpaired) electrons. The van der Waals surface area contributed by atoms with E-state index in [0.29, 0.717) is 24.5 Å². The van der Waals surface area contributed by atoms with Crippen LogP contribution in [0.15, 0.2) is 27.5 Å². The first kappa shape index (κ1) is 18.3. The van der Waals surface area contributed by atoms with E-state index in [1.54, 1.807) is 4.57 Å². The van der Waals surface area contributed by atoms with E-state index in [1.165, 1.54) is 0 Å². The Morgan fingerprint density at radius 3 is 2.70 bits per heavy atom. The maximum Gasteiger partial charge on any atom is 0.258 e. The van der Waals surface area contributed by atoms with Crippen LogP contribution in [0.3, 0.4) is 0 Å². The van der Waals surface area contributed by atoms with Gasteiger partial charge < -0.3 is 9.30 Å². The quantitative estimate of drug-likeness (QED) is 0.464. The molecule has 0 aliphatic rings. The lowest BCUT2D eigenvalue weighted by atomic mass is 10.1. The molecule has 1 aromatic carbocycles. The molecule has 1 aromatic heterocycles. The summed E-state index contributed by atoms with van der Waals surface area (Å²) in [6.45, 7) is 7.56. The average molecular weight is 401 g/mol. The van der Waals surface area contributed by atoms with Crippen LogP contribution < -0.4 is 10.3 Å². The number of aromatic nitrogens is 1. The summed E-state index contributed by atoms with van der Waals surface area (Å²) < 4.78 is 8.70. The molecule has 0 N–H and O–H groups in total. The largest absolute Gasteiger partial charge is 0.491 e. The van der Waals surface area contributed by atoms with Gasteiger partial charge in [-0.15, -0.1) is 11.6 Å². The Balaban J connectivity index is 2.75. The molecule has 0 saturated carbocycles. The van der Waals surface area contributed by atoms with Crippen LogP contribution in [0.1, 0.15) is 39.3 Å². The molecule has 0 aliphatic heterocycles. The molecule has 0 atom stereocenters. The van der Waals surface area contributed by atoms with Crippen molar-refractivity contribution in [3.8, 4) is 5.75 Å². The molecule has 0 saturated heterocycles. The molecule has 0 fully saturated rings. The molecular formula is C18H23BrClNO2. The zero-order valence-electron chi connectivity index (χ0n) is 13.9. The van der Waals surface area contributed by atoms with Crippen molar-refractivity contribution in [2.24, 2.45) is 5.92 Å². The molecular weight excluding hydrogens is 378 g/mol. The van der Waals surface area contributed by atoms with Crippen molar-refractivity contribution in [1.29, 1.82) is 0 Å². The van der Waals surface area contributed by atoms with Gasteiger partial charge in [0.15, 0.2) is 0 Å². The third-order valence-corrected chi connectivity index (χ3v) is 4.64. The van der Waals surface area contributed by atoms with Crippen LogP contribution in [-0.4, -0.2) is 11.2 Å². The van der Waals surface area contributed by atoms with Crippen molar-refractivity contribution in [3.05, 3.63) is 38.7 Å². The highest BCUT2D eigenvalue weighted by Gasteiger charge is 2.19. The Bertz CT molecular complexity index is 740. The van der Waals surface area contributed by atoms with Crippen LogP contribution in [0.4, 0.5) is 0 Å². The van der Waals surface area contributed by atoms with Gasteiger partial charge in [0.2, 0.25) is 0 Å². The number of ether oxygens (including phenoxy) is 1. The van der Waals surface area contributed by atoms with Gasteiger partial charge in [-0.05, 0) is 24.5 Å². The summed E-state index contributed by atoms with van der Waals surface area (Å²) in [6, 6.07) is 5.66. The highest BCUT2D eigenvalue weighted by Crippen LogP contribution is 2.35. The smallest absolute Gasteiger partial charge is 0.258 e. The fourth-order valence-electron chi connectivity index (χ4n) is 2.63. The first-order chi connectivity index (χ1) is 11.0. The predicted molar refractivity (Wildman–Crippen MR) is 101 cm³/mol. The number of pyridine rings is 1. The van der Waals surface area contributed by atoms with Crippen LogP contribution in [0, 0.1) is 5.92 Å². The van der Waals surface area contributed by atoms with Crippen LogP contribution in [0.25, 0.3) is 10.8 Å². The summed E-state index contributed by atoms with van der Waals surface area (Å²) >= 11 is 9.76. The average Bonchev–Trinajstić information content (AvgIpc) is 2.51. The fraction of sp³-hybridized carbons (Fsp3) is 0.500. The second-order valence-corrected chi connectivity index (χ2v) is 7.21. The van der Waals surface area contributed by atoms with Crippen LogP contribution in [0.2, 0.25) is 0 Å². The molecule has 2 rings (SSSR count). The van der Waals surface area contributed by atoms with E-state index in [-0.39, 0.29) is 11.4 Å². The van der Waals surface area contributed by atoms with Gasteiger partial charge in [0, 0.05) is 16.4 Å². The zero-order chi connectivity index (χ0) is 17.0. The summed E-state index contributed by atoms with van der Waals surface area (Å²) in [6.07, 6.45) is 2.03. The number of nitrogens with zero attached hydrogens (tertiary/aromatic N) is 1. The Kier molecular flexibility index (Phi) is 6.54. The summed E-state index contributed by atoms with van der Waals surface area (Å²) in [5.74, 6) is 1.33. The minimum atomic E-state index is -0.00603. The molecule has 0 unspecified atom stereocenters. The van der Waals surface area contributed by atoms with E-state index in [1.807, 2.05) is 18.2 Å². The first-order valence-corrected chi connectivity index (χ1v) is 9.36. The highest BCUT2D eigenvalue weighted by atomic mass is 79.9. The molecule has 23 heavy (non-hydrogen) atoms. The topological polar surface area (TPSA) is 31.2 Å². The lowest BCUT2D eigenvalue weighted by Crippen LogP contribution is -2.26. The summed E-state index contributed by atoms with van der Waals surface area (Å²) in [5.41, 5.74) is 0.759. The van der Waals surface area contributed by atoms with E-state index >= 15 is 0 Å². The van der Waals surface area contributed by atoms with Gasteiger partial charge in [-0.2, -0.15) is 0 Å². The predicted octanol–water partition coefficient (Wildman–Crippen LogP) is 5.34. The molecule has 126 valence electrons. The van der Waals surface area contributed by atoms with Crippen molar-refractivity contribution in [1.82, 2.24) is 4.57 Å². The van der Waals surface area contributed by atoms with Gasteiger partial charge in [0.1, 0.15) is 5.75 Å². The lowest BCUT2D eigenvalue weighted by Gasteiger charge is -2.20. The third-order valence-electron chi connectivity index (χ3n) is 3.72. The van der Waals surface area contributed by atoms with Crippen molar-refractivity contribution in [2.45, 2.75) is 46.0 Å². The van der Waals surface area contributed by atoms with E-state index in [0.717, 1.165) is 34.1 Å². The molecule has 0 bridgehead atoms. The minimum Gasteiger partial charge on any atom is -0.491 e. The highest BCUT2D eigenvalue weighted by molar-refractivity contribution is 9.10. The van der Waals surface area contributed by atoms with Gasteiger partial charge in [0.05, 0.1) is 23.6 Å². The number of unbranched alkanes of at least 4 members (excludes halogenated alkanes) is 1. The Morgan fingerprint density at radius 1 is 1.35 bits per heavy atom. The monoisotopic (exact) mass is 399 g/mol. The Morgan fingerprint density at radius 2 is 2.09 bits per heavy atom. The van der Waals surface area contributed by atoms with Crippen LogP contribution in [0.5, 0.6) is 5.75 Å². The standard InChI is InChI=1S/C18H23BrClNO2/c1-4-5-9-23-17-15(10-20)21(11-12(2)3)18(22)13-7-6-8-14(19)16(13)17/h6-8,12H,4-5,9-11H2,1-3H3. The van der Waals surface area contributed by atoms with Crippen molar-refractivity contribution in [3.63, 3.8) is 0 Å². The maximum atomic E-state index is 12.9. The van der Waals surface area contributed by atoms with Gasteiger partial charge in [0.25, 0.3) is 5.56 Å². The van der Waals surface area contributed by atoms with Gasteiger partial charge >= 0.3 is 0 Å². The molecule has 0 aliphatic carbocycles. The van der Waals surface area contributed by atoms with E-state index in [4.69, 9.17) is 16.3 Å². The Hall–Kier alpha value is -1.000. The molecule has 1 heterocycles. The zero-order valence-corrected chi connectivity index (χ0v) is 16.2. The van der Waals surface area contributed by atoms with Gasteiger partial charge in [-0.3, -0.25) is 4.79 Å². The number of rotatable bonds is 7. The molecule has 2 aromatic rings. The Labute approximate surface area is 150 Å². The van der Waals surface area contributed by atoms with Gasteiger partial charge in [-0.25, -0.2) is 0 Å². The van der Waals surface area contributed by atoms with Crippen molar-refractivity contribution in [2.75, 3.05) is 6.61 Å². The number of fused-ring (bicyclic) bond motifs is 1. The van der Waals surface area contributed by atoms with Crippen LogP contribution in [-0.2, 0) is 12.4 Å². The summed E-state index contributed by atoms with van der Waals surface area (Å²) in [7, 11) is 0. The lowest BCUT2D eigenvalue weighted by molar-refractivity contribution is 0.305. The molecule has 0 spiro atoms. The maximum absolute atomic E-state index is 12.9. The molecule has 0 amide bonds. The normalized spacial score (nSPS) is 11.4. The second kappa shape index (κ2) is 8.20. The van der Waals surface area contributed by atoms with Gasteiger partial charge in [-0.1, -0.05) is 49.2 Å². The van der Waals surface area contributed by atoms with Crippen molar-refractivity contribution >= 4 is 38.3 Å². The van der Waals surface area contributed by atoms with Crippen molar-refractivity contribution < 1.29 is 4.74 Å². The molecule has 5 heteroatoms. The summed E-state index contributed by atoms with van der Waals surface area (Å²) in [5, 5.41) is 1.49. The number of alkyl halides is 1. The van der Waals surface area contributed by atoms with E-state index in [9.17, 15) is 4.79 Å². The van der Waals surface area contributed by atoms with E-state index in [2.05, 4.69) is 36.7 Å². The van der Waals surface area contributed by atoms with E-state index < -0.39 is 0 Å². The number of benzene rings is 1. The number of halogens is 2. The first-order valence-electron chi connectivity index (χ1n) is 8.03. The SMILES string of the molecule is CCCCOc1c(CCl)n(CC(C)C)c(=O)c2cccc(Br)c12. The number of hydrogen-bond donors (Lipinski definition) is 0. The molecule has 3 nitrogen and oxygen atoms in total. The fourth-order valence-corrected chi connectivity index (χ4v) is 3.44. The number of hydrogen-bond acceptors (Lipinski definition) is 2. The van der Waals surface area contributed by atoms with Crippen LogP contribution >= 0.6 is 27.5 Å². The second-order valence-electron chi connectivity index (χ2n) is 6.08. The minimum absolute atomic E-state index is 0.00603. The summed E-state index contributed by atoms with van der Waals surface area (Å²) in [4.78, 5) is 12.9.